The van der Waals surface area contributed by atoms with E-state index in [0.717, 1.165) is 18.4 Å². The van der Waals surface area contributed by atoms with Crippen molar-refractivity contribution in [1.82, 2.24) is 9.55 Å². The number of rotatable bonds is 10. The van der Waals surface area contributed by atoms with Crippen LogP contribution in [0.5, 0.6) is 23.0 Å². The maximum Gasteiger partial charge on any atom is 0.420 e. The molecule has 2 aliphatic heterocycles. The highest BCUT2D eigenvalue weighted by molar-refractivity contribution is 8.10. The molecule has 2 atom stereocenters. The van der Waals surface area contributed by atoms with Gasteiger partial charge in [0.2, 0.25) is 6.79 Å². The third kappa shape index (κ3) is 5.14. The Kier molecular flexibility index (Phi) is 7.82. The molecule has 5 rings (SSSR count). The number of carboxylic acid groups (broad SMARTS) is 1. The summed E-state index contributed by atoms with van der Waals surface area (Å²) < 4.78 is 26.8. The number of fused-ring (bicyclic) bond motifs is 1. The molecule has 0 saturated carbocycles. The Bertz CT molecular complexity index is 1510. The Morgan fingerprint density at radius 2 is 1.86 bits per heavy atom. The number of aromatic nitrogens is 2. The fourth-order valence-electron chi connectivity index (χ4n) is 5.33. The van der Waals surface area contributed by atoms with Crippen LogP contribution in [0, 0.1) is 0 Å². The number of hydrogen-bond acceptors (Lipinski definition) is 9. The van der Waals surface area contributed by atoms with Crippen molar-refractivity contribution >= 4 is 23.8 Å². The average Bonchev–Trinajstić information content (AvgIpc) is 3.23. The van der Waals surface area contributed by atoms with Gasteiger partial charge in [0.25, 0.3) is 0 Å². The van der Waals surface area contributed by atoms with E-state index in [-0.39, 0.29) is 13.2 Å². The van der Waals surface area contributed by atoms with E-state index in [9.17, 15) is 14.7 Å². The predicted molar refractivity (Wildman–Crippen MR) is 157 cm³/mol. The maximum atomic E-state index is 13.4. The zero-order valence-corrected chi connectivity index (χ0v) is 25.5. The number of unbranched alkanes of at least 4 members (excludes halogenated alkanes) is 1. The lowest BCUT2D eigenvalue weighted by Gasteiger charge is -2.22. The van der Waals surface area contributed by atoms with Gasteiger partial charge in [-0.3, -0.25) is 4.79 Å². The number of carbonyl (C=O) groups is 2. The van der Waals surface area contributed by atoms with Gasteiger partial charge in [0.15, 0.2) is 11.5 Å². The second-order valence-corrected chi connectivity index (χ2v) is 12.9. The first-order chi connectivity index (χ1) is 20.0. The quantitative estimate of drug-likeness (QED) is 0.287. The average molecular weight is 597 g/mol. The number of methoxy groups -OCH3 is 2. The highest BCUT2D eigenvalue weighted by atomic mass is 32.2. The van der Waals surface area contributed by atoms with Crippen molar-refractivity contribution in [3.63, 3.8) is 0 Å². The third-order valence-corrected chi connectivity index (χ3v) is 9.21. The zero-order valence-electron chi connectivity index (χ0n) is 24.7. The van der Waals surface area contributed by atoms with Crippen molar-refractivity contribution in [1.29, 1.82) is 0 Å². The molecule has 2 aromatic carbocycles. The lowest BCUT2D eigenvalue weighted by atomic mass is 9.79. The summed E-state index contributed by atoms with van der Waals surface area (Å²) >= 11 is 1.27. The first kappa shape index (κ1) is 29.6. The Hall–Kier alpha value is -3.86. The number of aryl methyl sites for hydroxylation is 1. The molecule has 3 heterocycles. The van der Waals surface area contributed by atoms with Crippen LogP contribution in [0.3, 0.4) is 0 Å². The van der Waals surface area contributed by atoms with E-state index >= 15 is 0 Å². The van der Waals surface area contributed by atoms with Gasteiger partial charge in [0.1, 0.15) is 32.4 Å². The van der Waals surface area contributed by atoms with Crippen LogP contribution in [0.4, 0.5) is 4.79 Å². The van der Waals surface area contributed by atoms with Crippen LogP contribution < -0.4 is 18.9 Å². The number of carboxylic acids is 1. The molecule has 1 aromatic heterocycles. The number of thioether (sulfide) groups is 1. The minimum Gasteiger partial charge on any atom is -0.497 e. The van der Waals surface area contributed by atoms with E-state index in [1.54, 1.807) is 52.3 Å². The van der Waals surface area contributed by atoms with Gasteiger partial charge in [-0.25, -0.2) is 14.3 Å². The molecule has 0 bridgehead atoms. The second-order valence-electron chi connectivity index (χ2n) is 11.3. The Balaban J connectivity index is 1.69. The molecule has 42 heavy (non-hydrogen) atoms. The van der Waals surface area contributed by atoms with Gasteiger partial charge in [-0.1, -0.05) is 19.4 Å². The molecule has 0 aliphatic carbocycles. The summed E-state index contributed by atoms with van der Waals surface area (Å²) in [5, 5.41) is 10.9. The molecule has 11 heteroatoms. The molecule has 3 aromatic rings. The van der Waals surface area contributed by atoms with Crippen LogP contribution in [-0.2, 0) is 27.1 Å². The monoisotopic (exact) mass is 596 g/mol. The normalized spacial score (nSPS) is 20.7. The number of nitrogens with zero attached hydrogens (tertiary/aromatic N) is 2. The lowest BCUT2D eigenvalue weighted by Crippen LogP contribution is -2.36. The summed E-state index contributed by atoms with van der Waals surface area (Å²) in [5.41, 5.74) is 1.10. The third-order valence-electron chi connectivity index (χ3n) is 7.36. The van der Waals surface area contributed by atoms with Gasteiger partial charge in [0, 0.05) is 30.7 Å². The van der Waals surface area contributed by atoms with Crippen LogP contribution in [0.25, 0.3) is 0 Å². The first-order valence-electron chi connectivity index (χ1n) is 13.8. The number of imidazole rings is 1. The highest BCUT2D eigenvalue weighted by Gasteiger charge is 2.77. The molecular formula is C31H36N2O8S. The van der Waals surface area contributed by atoms with Gasteiger partial charge in [-0.05, 0) is 57.0 Å². The van der Waals surface area contributed by atoms with Crippen LogP contribution >= 0.6 is 11.8 Å². The summed E-state index contributed by atoms with van der Waals surface area (Å²) in [5.74, 6) is 1.72. The van der Waals surface area contributed by atoms with E-state index in [0.29, 0.717) is 46.5 Å². The maximum absolute atomic E-state index is 13.4. The Morgan fingerprint density at radius 1 is 1.10 bits per heavy atom. The standard InChI is InChI=1S/C31H36N2O8S/c1-7-8-9-26-32-25(17-33(26)28(36)41-29(2,3)4)31(21-12-11-20(37-5)15-23(21)38-6)30(42-31,27(34)35)16-19-10-13-22-24(14-19)40-18-39-22/h10-15,17H,7-9,16,18H2,1-6H3,(H,34,35). The van der Waals surface area contributed by atoms with Crippen LogP contribution in [0.2, 0.25) is 0 Å². The van der Waals surface area contributed by atoms with Crippen molar-refractivity contribution in [2.45, 2.75) is 68.5 Å². The minimum absolute atomic E-state index is 0.118. The zero-order chi connectivity index (χ0) is 30.3. The van der Waals surface area contributed by atoms with Crippen LogP contribution in [0.1, 0.15) is 63.2 Å². The summed E-state index contributed by atoms with van der Waals surface area (Å²) in [6.45, 7) is 7.58. The molecule has 0 spiro atoms. The Morgan fingerprint density at radius 3 is 2.52 bits per heavy atom. The van der Waals surface area contributed by atoms with Gasteiger partial charge in [-0.2, -0.15) is 0 Å². The van der Waals surface area contributed by atoms with Crippen molar-refractivity contribution in [3.8, 4) is 23.0 Å². The Labute approximate surface area is 249 Å². The van der Waals surface area contributed by atoms with Crippen LogP contribution in [-0.4, -0.2) is 58.1 Å². The summed E-state index contributed by atoms with van der Waals surface area (Å²) in [6, 6.07) is 10.8. The van der Waals surface area contributed by atoms with E-state index in [2.05, 4.69) is 6.92 Å². The largest absolute Gasteiger partial charge is 0.497 e. The van der Waals surface area contributed by atoms with Gasteiger partial charge >= 0.3 is 12.1 Å². The molecule has 1 saturated heterocycles. The lowest BCUT2D eigenvalue weighted by molar-refractivity contribution is -0.139. The molecule has 2 aliphatic rings. The van der Waals surface area contributed by atoms with E-state index in [1.165, 1.54) is 23.4 Å². The molecule has 0 radical (unpaired) electrons. The van der Waals surface area contributed by atoms with Crippen molar-refractivity contribution < 1.29 is 38.4 Å². The molecule has 1 N–H and O–H groups in total. The molecule has 1 fully saturated rings. The topological polar surface area (TPSA) is 118 Å². The van der Waals surface area contributed by atoms with Crippen molar-refractivity contribution in [3.05, 3.63) is 65.2 Å². The smallest absolute Gasteiger partial charge is 0.420 e. The van der Waals surface area contributed by atoms with Gasteiger partial charge in [-0.15, -0.1) is 11.8 Å². The van der Waals surface area contributed by atoms with Gasteiger partial charge in [0.05, 0.1) is 19.9 Å². The SMILES string of the molecule is CCCCc1nc(C2(c3ccc(OC)cc3OC)SC2(Cc2ccc3c(c2)OCO3)C(=O)O)cn1C(=O)OC(C)(C)C. The second kappa shape index (κ2) is 11.1. The van der Waals surface area contributed by atoms with Crippen LogP contribution in [0.15, 0.2) is 42.6 Å². The van der Waals surface area contributed by atoms with Crippen molar-refractivity contribution in [2.24, 2.45) is 0 Å². The van der Waals surface area contributed by atoms with E-state index < -0.39 is 27.2 Å². The molecule has 10 nitrogen and oxygen atoms in total. The molecule has 224 valence electrons. The fourth-order valence-corrected chi connectivity index (χ4v) is 6.99. The van der Waals surface area contributed by atoms with E-state index in [4.69, 9.17) is 28.7 Å². The minimum atomic E-state index is -1.38. The highest BCUT2D eigenvalue weighted by Crippen LogP contribution is 2.75. The van der Waals surface area contributed by atoms with Crippen molar-refractivity contribution in [2.75, 3.05) is 21.0 Å². The summed E-state index contributed by atoms with van der Waals surface area (Å²) in [4.78, 5) is 31.6. The molecule has 2 unspecified atom stereocenters. The number of ether oxygens (including phenoxy) is 5. The number of benzene rings is 2. The number of hydrogen-bond donors (Lipinski definition) is 1. The number of carbonyl (C=O) groups excluding carboxylic acids is 1. The van der Waals surface area contributed by atoms with E-state index in [1.807, 2.05) is 18.2 Å². The summed E-state index contributed by atoms with van der Waals surface area (Å²) in [6.07, 6.45) is 3.44. The molecular weight excluding hydrogens is 560 g/mol. The van der Waals surface area contributed by atoms with Gasteiger partial charge < -0.3 is 28.8 Å². The predicted octanol–water partition coefficient (Wildman–Crippen LogP) is 5.81. The molecule has 0 amide bonds. The fraction of sp³-hybridized carbons (Fsp3) is 0.452. The summed E-state index contributed by atoms with van der Waals surface area (Å²) in [7, 11) is 3.09. The first-order valence-corrected chi connectivity index (χ1v) is 14.7. The number of aliphatic carboxylic acids is 1.